The molecule has 0 spiro atoms. The standard InChI is InChI=1S/C36H46FN3O5/c1-21-16-25(37)17-22(2)33(21)45-30-15-10-24(36(6,7)43)18-28(30)29-20-38(8)32(41)19-31(29)44-27-13-11-26(12-14-27)40-23(3)39(9)35(4,5)34(40)42/h10,15-20,23,26-27,43H,11-14H2,1-9H3. The number of aryl methyl sites for hydroxylation is 3. The number of ether oxygens (including phenoxy) is 2. The van der Waals surface area contributed by atoms with Crippen LogP contribution < -0.4 is 15.0 Å². The van der Waals surface area contributed by atoms with Crippen LogP contribution in [-0.4, -0.2) is 56.3 Å². The first kappa shape index (κ1) is 32.7. The third-order valence-corrected chi connectivity index (χ3v) is 9.74. The van der Waals surface area contributed by atoms with Crippen molar-refractivity contribution in [1.29, 1.82) is 0 Å². The van der Waals surface area contributed by atoms with E-state index < -0.39 is 11.1 Å². The van der Waals surface area contributed by atoms with Crippen LogP contribution in [0.2, 0.25) is 0 Å². The lowest BCUT2D eigenvalue weighted by molar-refractivity contribution is -0.135. The van der Waals surface area contributed by atoms with Crippen molar-refractivity contribution in [3.05, 3.63) is 75.5 Å². The first-order valence-corrected chi connectivity index (χ1v) is 15.7. The molecule has 2 aromatic carbocycles. The van der Waals surface area contributed by atoms with Gasteiger partial charge in [-0.3, -0.25) is 14.5 Å². The van der Waals surface area contributed by atoms with E-state index in [4.69, 9.17) is 9.47 Å². The molecule has 9 heteroatoms. The van der Waals surface area contributed by atoms with Gasteiger partial charge in [-0.15, -0.1) is 0 Å². The van der Waals surface area contributed by atoms with Crippen molar-refractivity contribution in [2.24, 2.45) is 7.05 Å². The molecular formula is C36H46FN3O5. The fourth-order valence-corrected chi connectivity index (χ4v) is 6.67. The van der Waals surface area contributed by atoms with Gasteiger partial charge in [-0.1, -0.05) is 6.07 Å². The van der Waals surface area contributed by atoms with Crippen LogP contribution in [0.3, 0.4) is 0 Å². The van der Waals surface area contributed by atoms with Crippen LogP contribution in [0.4, 0.5) is 4.39 Å². The molecule has 242 valence electrons. The molecule has 3 aromatic rings. The minimum atomic E-state index is -1.14. The number of carbonyl (C=O) groups is 1. The normalized spacial score (nSPS) is 22.2. The third kappa shape index (κ3) is 6.25. The molecule has 1 saturated carbocycles. The number of nitrogens with zero attached hydrogens (tertiary/aromatic N) is 3. The molecule has 5 rings (SSSR count). The van der Waals surface area contributed by atoms with E-state index in [2.05, 4.69) is 11.8 Å². The zero-order valence-electron chi connectivity index (χ0n) is 27.9. The highest BCUT2D eigenvalue weighted by Crippen LogP contribution is 2.43. The lowest BCUT2D eigenvalue weighted by Crippen LogP contribution is -2.46. The van der Waals surface area contributed by atoms with Crippen LogP contribution in [0.5, 0.6) is 17.2 Å². The van der Waals surface area contributed by atoms with E-state index in [1.54, 1.807) is 53.1 Å². The van der Waals surface area contributed by atoms with Gasteiger partial charge in [0.1, 0.15) is 23.1 Å². The number of aromatic nitrogens is 1. The van der Waals surface area contributed by atoms with E-state index in [-0.39, 0.29) is 35.6 Å². The predicted octanol–water partition coefficient (Wildman–Crippen LogP) is 6.42. The molecule has 1 unspecified atom stereocenters. The van der Waals surface area contributed by atoms with Crippen molar-refractivity contribution < 1.29 is 23.8 Å². The van der Waals surface area contributed by atoms with E-state index in [0.29, 0.717) is 45.1 Å². The first-order valence-electron chi connectivity index (χ1n) is 15.7. The number of aliphatic hydroxyl groups is 1. The van der Waals surface area contributed by atoms with E-state index in [0.717, 1.165) is 25.7 Å². The lowest BCUT2D eigenvalue weighted by atomic mass is 9.90. The molecule has 2 aliphatic rings. The van der Waals surface area contributed by atoms with Gasteiger partial charge in [-0.05, 0) is 122 Å². The summed E-state index contributed by atoms with van der Waals surface area (Å²) < 4.78 is 28.6. The summed E-state index contributed by atoms with van der Waals surface area (Å²) >= 11 is 0. The maximum absolute atomic E-state index is 14.1. The molecule has 1 amide bonds. The van der Waals surface area contributed by atoms with Crippen molar-refractivity contribution in [2.75, 3.05) is 7.05 Å². The monoisotopic (exact) mass is 619 g/mol. The van der Waals surface area contributed by atoms with E-state index in [1.807, 2.05) is 31.9 Å². The second kappa shape index (κ2) is 11.9. The SMILES string of the molecule is Cc1cc(F)cc(C)c1Oc1ccc(C(C)(C)O)cc1-c1cn(C)c(=O)cc1OC1CCC(N2C(=O)C(C)(C)N(C)C2C)CC1. The summed E-state index contributed by atoms with van der Waals surface area (Å²) in [7, 11) is 3.68. The summed E-state index contributed by atoms with van der Waals surface area (Å²) in [6, 6.07) is 9.93. The highest BCUT2D eigenvalue weighted by atomic mass is 19.1. The minimum Gasteiger partial charge on any atom is -0.490 e. The Morgan fingerprint density at radius 3 is 2.11 bits per heavy atom. The van der Waals surface area contributed by atoms with Gasteiger partial charge in [-0.2, -0.15) is 0 Å². The molecule has 1 aromatic heterocycles. The summed E-state index contributed by atoms with van der Waals surface area (Å²) in [5.74, 6) is 1.28. The molecule has 8 nitrogen and oxygen atoms in total. The number of likely N-dealkylation sites (N-methyl/N-ethyl adjacent to an activating group) is 1. The van der Waals surface area contributed by atoms with Crippen LogP contribution in [-0.2, 0) is 17.4 Å². The molecule has 45 heavy (non-hydrogen) atoms. The van der Waals surface area contributed by atoms with Gasteiger partial charge in [0.05, 0.1) is 23.4 Å². The Kier molecular flexibility index (Phi) is 8.66. The first-order chi connectivity index (χ1) is 21.0. The number of halogens is 1. The summed E-state index contributed by atoms with van der Waals surface area (Å²) in [5.41, 5.74) is 1.36. The molecule has 1 aliphatic carbocycles. The van der Waals surface area contributed by atoms with Gasteiger partial charge >= 0.3 is 0 Å². The topological polar surface area (TPSA) is 84.2 Å². The predicted molar refractivity (Wildman–Crippen MR) is 173 cm³/mol. The molecule has 1 N–H and O–H groups in total. The Morgan fingerprint density at radius 1 is 0.933 bits per heavy atom. The Labute approximate surface area is 265 Å². The summed E-state index contributed by atoms with van der Waals surface area (Å²) in [5, 5.41) is 10.9. The van der Waals surface area contributed by atoms with Gasteiger partial charge in [-0.25, -0.2) is 4.39 Å². The maximum Gasteiger partial charge on any atom is 0.254 e. The van der Waals surface area contributed by atoms with Crippen LogP contribution >= 0.6 is 0 Å². The van der Waals surface area contributed by atoms with Gasteiger partial charge in [0.2, 0.25) is 5.91 Å². The second-order valence-corrected chi connectivity index (χ2v) is 13.8. The van der Waals surface area contributed by atoms with Crippen molar-refractivity contribution in [2.45, 2.75) is 104 Å². The number of pyridine rings is 1. The second-order valence-electron chi connectivity index (χ2n) is 13.8. The van der Waals surface area contributed by atoms with Crippen molar-refractivity contribution in [1.82, 2.24) is 14.4 Å². The Hall–Kier alpha value is -3.69. The largest absolute Gasteiger partial charge is 0.490 e. The molecule has 0 radical (unpaired) electrons. The Bertz CT molecular complexity index is 1640. The van der Waals surface area contributed by atoms with Crippen LogP contribution in [0.15, 0.2) is 47.4 Å². The van der Waals surface area contributed by atoms with Crippen molar-refractivity contribution >= 4 is 5.91 Å². The summed E-state index contributed by atoms with van der Waals surface area (Å²) in [6.07, 6.45) is 4.68. The molecule has 1 atom stereocenters. The number of rotatable bonds is 7. The maximum atomic E-state index is 14.1. The quantitative estimate of drug-likeness (QED) is 0.329. The van der Waals surface area contributed by atoms with Crippen LogP contribution in [0.25, 0.3) is 11.1 Å². The van der Waals surface area contributed by atoms with Gasteiger partial charge < -0.3 is 24.0 Å². The molecule has 0 bridgehead atoms. The van der Waals surface area contributed by atoms with Gasteiger partial charge in [0.15, 0.2) is 0 Å². The molecule has 2 heterocycles. The van der Waals surface area contributed by atoms with Crippen LogP contribution in [0, 0.1) is 19.7 Å². The molecule has 1 saturated heterocycles. The van der Waals surface area contributed by atoms with E-state index >= 15 is 0 Å². The number of hydrogen-bond donors (Lipinski definition) is 1. The number of amides is 1. The number of carbonyl (C=O) groups excluding carboxylic acids is 1. The van der Waals surface area contributed by atoms with Gasteiger partial charge in [0.25, 0.3) is 5.56 Å². The van der Waals surface area contributed by atoms with Crippen LogP contribution in [0.1, 0.15) is 77.0 Å². The summed E-state index contributed by atoms with van der Waals surface area (Å²) in [6.45, 7) is 13.0. The molecule has 2 fully saturated rings. The number of hydrogen-bond acceptors (Lipinski definition) is 6. The highest BCUT2D eigenvalue weighted by Gasteiger charge is 2.50. The number of benzene rings is 2. The smallest absolute Gasteiger partial charge is 0.254 e. The van der Waals surface area contributed by atoms with E-state index in [9.17, 15) is 19.1 Å². The fraction of sp³-hybridized carbons (Fsp3) is 0.500. The van der Waals surface area contributed by atoms with Gasteiger partial charge in [0, 0.05) is 36.5 Å². The Balaban J connectivity index is 1.48. The average Bonchev–Trinajstić information content (AvgIpc) is 3.11. The average molecular weight is 620 g/mol. The highest BCUT2D eigenvalue weighted by molar-refractivity contribution is 5.88. The van der Waals surface area contributed by atoms with Crippen molar-refractivity contribution in [3.8, 4) is 28.4 Å². The zero-order chi connectivity index (χ0) is 33.0. The zero-order valence-corrected chi connectivity index (χ0v) is 27.9. The fourth-order valence-electron chi connectivity index (χ4n) is 6.67. The summed E-state index contributed by atoms with van der Waals surface area (Å²) in [4.78, 5) is 30.3. The molecule has 1 aliphatic heterocycles. The Morgan fingerprint density at radius 2 is 1.56 bits per heavy atom. The lowest BCUT2D eigenvalue weighted by Gasteiger charge is -2.37. The van der Waals surface area contributed by atoms with Crippen molar-refractivity contribution in [3.63, 3.8) is 0 Å². The third-order valence-electron chi connectivity index (χ3n) is 9.74. The van der Waals surface area contributed by atoms with E-state index in [1.165, 1.54) is 22.8 Å². The minimum absolute atomic E-state index is 0.0218. The molecular weight excluding hydrogens is 573 g/mol.